The van der Waals surface area contributed by atoms with E-state index in [0.717, 1.165) is 0 Å². The van der Waals surface area contributed by atoms with E-state index in [9.17, 15) is 18.0 Å². The number of nitrogens with two attached hydrogens (primary N) is 1. The molecule has 0 radical (unpaired) electrons. The third kappa shape index (κ3) is 4.75. The van der Waals surface area contributed by atoms with E-state index in [2.05, 4.69) is 0 Å². The van der Waals surface area contributed by atoms with Crippen molar-refractivity contribution in [3.8, 4) is 0 Å². The molecule has 2 N–H and O–H groups in total. The average molecular weight is 352 g/mol. The molecule has 2 rings (SSSR count). The second-order valence-electron chi connectivity index (χ2n) is 7.62. The largest absolute Gasteiger partial charge is 0.444 e. The Balaban J connectivity index is 1.88. The van der Waals surface area contributed by atoms with Gasteiger partial charge in [0.25, 0.3) is 5.92 Å². The summed E-state index contributed by atoms with van der Waals surface area (Å²) in [4.78, 5) is 13.3. The Morgan fingerprint density at radius 2 is 1.92 bits per heavy atom. The maximum atomic E-state index is 14.4. The lowest BCUT2D eigenvalue weighted by Crippen LogP contribution is -2.56. The molecule has 8 heteroatoms. The Morgan fingerprint density at radius 1 is 1.25 bits per heavy atom. The lowest BCUT2D eigenvalue weighted by atomic mass is 9.89. The van der Waals surface area contributed by atoms with E-state index in [1.807, 2.05) is 0 Å². The summed E-state index contributed by atoms with van der Waals surface area (Å²) in [5.74, 6) is -2.98. The van der Waals surface area contributed by atoms with Crippen LogP contribution in [0.15, 0.2) is 0 Å². The van der Waals surface area contributed by atoms with Crippen LogP contribution in [0.1, 0.15) is 46.5 Å². The highest BCUT2D eigenvalue weighted by Gasteiger charge is 2.47. The van der Waals surface area contributed by atoms with Crippen molar-refractivity contribution in [2.24, 2.45) is 5.73 Å². The number of nitrogens with zero attached hydrogens (tertiary/aromatic N) is 1. The average Bonchev–Trinajstić information content (AvgIpc) is 2.44. The minimum absolute atomic E-state index is 0.169. The lowest BCUT2D eigenvalue weighted by Gasteiger charge is -2.40. The Labute approximate surface area is 140 Å². The Hall–Kier alpha value is -1.02. The van der Waals surface area contributed by atoms with Gasteiger partial charge >= 0.3 is 6.09 Å². The molecule has 140 valence electrons. The van der Waals surface area contributed by atoms with E-state index >= 15 is 0 Å². The fourth-order valence-electron chi connectivity index (χ4n) is 3.06. The number of ether oxygens (including phenoxy) is 2. The molecule has 5 nitrogen and oxygen atoms in total. The molecule has 0 bridgehead atoms. The number of amides is 1. The van der Waals surface area contributed by atoms with Crippen molar-refractivity contribution >= 4 is 6.09 Å². The van der Waals surface area contributed by atoms with Gasteiger partial charge in [0.2, 0.25) is 0 Å². The monoisotopic (exact) mass is 352 g/mol. The zero-order chi connectivity index (χ0) is 18.1. The number of carbonyl (C=O) groups excluding carboxylic acids is 1. The van der Waals surface area contributed by atoms with Crippen LogP contribution in [-0.2, 0) is 9.47 Å². The summed E-state index contributed by atoms with van der Waals surface area (Å²) < 4.78 is 52.5. The number of hydrogen-bond acceptors (Lipinski definition) is 4. The van der Waals surface area contributed by atoms with E-state index in [1.165, 1.54) is 4.90 Å². The molecular weight excluding hydrogens is 325 g/mol. The number of likely N-dealkylation sites (tertiary alicyclic amines) is 1. The SMILES string of the molecule is CC(C)(C)OC(=O)N1CC[C@H](O[C@H]2CCCC(F)(F)[C@@H]2N)[C@@H](F)C1. The molecule has 1 aliphatic carbocycles. The zero-order valence-corrected chi connectivity index (χ0v) is 14.4. The van der Waals surface area contributed by atoms with Gasteiger partial charge in [-0.05, 0) is 40.0 Å². The molecular formula is C16H27F3N2O3. The molecule has 2 fully saturated rings. The van der Waals surface area contributed by atoms with E-state index in [0.29, 0.717) is 12.8 Å². The van der Waals surface area contributed by atoms with Crippen LogP contribution in [0.25, 0.3) is 0 Å². The summed E-state index contributed by atoms with van der Waals surface area (Å²) in [6.45, 7) is 5.30. The molecule has 1 amide bonds. The Morgan fingerprint density at radius 3 is 2.50 bits per heavy atom. The highest BCUT2D eigenvalue weighted by atomic mass is 19.3. The van der Waals surface area contributed by atoms with Crippen molar-refractivity contribution in [3.63, 3.8) is 0 Å². The Kier molecular flexibility index (Phi) is 5.69. The Bertz CT molecular complexity index is 456. The third-order valence-electron chi connectivity index (χ3n) is 4.37. The minimum Gasteiger partial charge on any atom is -0.444 e. The standard InChI is InChI=1S/C16H27F3N2O3/c1-15(2,3)24-14(22)21-8-6-11(10(17)9-21)23-12-5-4-7-16(18,19)13(12)20/h10-13H,4-9,20H2,1-3H3/t10-,11-,12-,13+/m0/s1. The predicted octanol–water partition coefficient (Wildman–Crippen LogP) is 2.87. The van der Waals surface area contributed by atoms with E-state index < -0.39 is 42.0 Å². The minimum atomic E-state index is -2.98. The van der Waals surface area contributed by atoms with Gasteiger partial charge in [-0.3, -0.25) is 0 Å². The van der Waals surface area contributed by atoms with Gasteiger partial charge in [-0.2, -0.15) is 0 Å². The molecule has 0 unspecified atom stereocenters. The van der Waals surface area contributed by atoms with Crippen molar-refractivity contribution in [2.75, 3.05) is 13.1 Å². The fraction of sp³-hybridized carbons (Fsp3) is 0.938. The third-order valence-corrected chi connectivity index (χ3v) is 4.37. The van der Waals surface area contributed by atoms with Crippen LogP contribution >= 0.6 is 0 Å². The highest BCUT2D eigenvalue weighted by molar-refractivity contribution is 5.68. The first kappa shape index (κ1) is 19.3. The van der Waals surface area contributed by atoms with Gasteiger partial charge in [-0.25, -0.2) is 18.0 Å². The molecule has 0 aromatic heterocycles. The van der Waals surface area contributed by atoms with Crippen molar-refractivity contribution in [1.82, 2.24) is 4.90 Å². The quantitative estimate of drug-likeness (QED) is 0.830. The second kappa shape index (κ2) is 7.07. The van der Waals surface area contributed by atoms with Crippen LogP contribution in [-0.4, -0.2) is 60.0 Å². The molecule has 1 saturated heterocycles. The van der Waals surface area contributed by atoms with E-state index in [-0.39, 0.29) is 25.9 Å². The molecule has 4 atom stereocenters. The molecule has 1 heterocycles. The summed E-state index contributed by atoms with van der Waals surface area (Å²) in [7, 11) is 0. The maximum Gasteiger partial charge on any atom is 0.410 e. The molecule has 0 spiro atoms. The van der Waals surface area contributed by atoms with Gasteiger partial charge in [0.15, 0.2) is 0 Å². The normalized spacial score (nSPS) is 34.0. The summed E-state index contributed by atoms with van der Waals surface area (Å²) in [6.07, 6.45) is -3.04. The zero-order valence-electron chi connectivity index (χ0n) is 14.4. The van der Waals surface area contributed by atoms with Crippen molar-refractivity contribution in [3.05, 3.63) is 0 Å². The summed E-state index contributed by atoms with van der Waals surface area (Å²) in [5, 5.41) is 0. The number of carbonyl (C=O) groups is 1. The molecule has 0 aromatic carbocycles. The summed E-state index contributed by atoms with van der Waals surface area (Å²) >= 11 is 0. The van der Waals surface area contributed by atoms with Gasteiger partial charge in [-0.15, -0.1) is 0 Å². The van der Waals surface area contributed by atoms with Crippen LogP contribution in [0.5, 0.6) is 0 Å². The molecule has 2 aliphatic rings. The van der Waals surface area contributed by atoms with Gasteiger partial charge in [0.1, 0.15) is 11.8 Å². The fourth-order valence-corrected chi connectivity index (χ4v) is 3.06. The number of piperidine rings is 1. The smallest absolute Gasteiger partial charge is 0.410 e. The summed E-state index contributed by atoms with van der Waals surface area (Å²) in [5.41, 5.74) is 4.93. The van der Waals surface area contributed by atoms with E-state index in [1.54, 1.807) is 20.8 Å². The van der Waals surface area contributed by atoms with Gasteiger partial charge < -0.3 is 20.1 Å². The molecule has 1 saturated carbocycles. The molecule has 24 heavy (non-hydrogen) atoms. The second-order valence-corrected chi connectivity index (χ2v) is 7.62. The van der Waals surface area contributed by atoms with Crippen molar-refractivity contribution < 1.29 is 27.4 Å². The summed E-state index contributed by atoms with van der Waals surface area (Å²) in [6, 6.07) is -1.41. The van der Waals surface area contributed by atoms with Crippen LogP contribution in [0.2, 0.25) is 0 Å². The predicted molar refractivity (Wildman–Crippen MR) is 82.8 cm³/mol. The lowest BCUT2D eigenvalue weighted by molar-refractivity contribution is -0.152. The first-order valence-electron chi connectivity index (χ1n) is 8.40. The van der Waals surface area contributed by atoms with Crippen molar-refractivity contribution in [2.45, 2.75) is 82.4 Å². The van der Waals surface area contributed by atoms with Gasteiger partial charge in [0.05, 0.1) is 24.8 Å². The maximum absolute atomic E-state index is 14.4. The van der Waals surface area contributed by atoms with E-state index in [4.69, 9.17) is 15.2 Å². The highest BCUT2D eigenvalue weighted by Crippen LogP contribution is 2.35. The van der Waals surface area contributed by atoms with Crippen LogP contribution in [0.3, 0.4) is 0 Å². The van der Waals surface area contributed by atoms with Crippen molar-refractivity contribution in [1.29, 1.82) is 0 Å². The first-order valence-corrected chi connectivity index (χ1v) is 8.40. The number of alkyl halides is 3. The molecule has 0 aromatic rings. The van der Waals surface area contributed by atoms with Crippen LogP contribution < -0.4 is 5.73 Å². The first-order chi connectivity index (χ1) is 11.0. The topological polar surface area (TPSA) is 64.8 Å². The van der Waals surface area contributed by atoms with Crippen LogP contribution in [0.4, 0.5) is 18.0 Å². The molecule has 1 aliphatic heterocycles. The number of hydrogen-bond donors (Lipinski definition) is 1. The number of rotatable bonds is 2. The van der Waals surface area contributed by atoms with Gasteiger partial charge in [-0.1, -0.05) is 0 Å². The van der Waals surface area contributed by atoms with Gasteiger partial charge in [0, 0.05) is 13.0 Å². The van der Waals surface area contributed by atoms with Crippen LogP contribution in [0, 0.1) is 0 Å². The number of halogens is 3.